The molecule has 0 N–H and O–H groups in total. The zero-order valence-corrected chi connectivity index (χ0v) is 29.6. The number of hydrogen-bond donors (Lipinski definition) is 0. The van der Waals surface area contributed by atoms with Crippen molar-refractivity contribution in [3.8, 4) is 67.3 Å². The second-order valence-corrected chi connectivity index (χ2v) is 14.5. The highest BCUT2D eigenvalue weighted by atomic mass is 32.1. The van der Waals surface area contributed by atoms with Crippen LogP contribution in [0.1, 0.15) is 0 Å². The minimum absolute atomic E-state index is 0.703. The topological polar surface area (TPSA) is 25.8 Å². The lowest BCUT2D eigenvalue weighted by atomic mass is 9.93. The van der Waals surface area contributed by atoms with Crippen LogP contribution in [0.3, 0.4) is 0 Å². The summed E-state index contributed by atoms with van der Waals surface area (Å²) in [5, 5.41) is 5.06. The van der Waals surface area contributed by atoms with Gasteiger partial charge in [0.1, 0.15) is 0 Å². The summed E-state index contributed by atoms with van der Waals surface area (Å²) in [6, 6.07) is 69.4. The average molecular weight is 693 g/mol. The summed E-state index contributed by atoms with van der Waals surface area (Å²) in [7, 11) is 0. The fourth-order valence-electron chi connectivity index (χ4n) is 7.31. The third-order valence-corrected chi connectivity index (χ3v) is 11.2. The van der Waals surface area contributed by atoms with E-state index in [1.807, 2.05) is 35.6 Å². The first-order valence-corrected chi connectivity index (χ1v) is 18.7. The average Bonchev–Trinajstić information content (AvgIpc) is 3.62. The van der Waals surface area contributed by atoms with E-state index in [4.69, 9.17) is 9.97 Å². The van der Waals surface area contributed by atoms with E-state index >= 15 is 0 Å². The molecule has 0 spiro atoms. The fourth-order valence-corrected chi connectivity index (χ4v) is 8.45. The summed E-state index contributed by atoms with van der Waals surface area (Å²) in [5.74, 6) is 0.703. The van der Waals surface area contributed by atoms with Gasteiger partial charge in [0.2, 0.25) is 0 Å². The van der Waals surface area contributed by atoms with Crippen LogP contribution < -0.4 is 0 Å². The summed E-state index contributed by atoms with van der Waals surface area (Å²) in [5.41, 5.74) is 11.9. The van der Waals surface area contributed by atoms with E-state index in [1.165, 1.54) is 53.2 Å². The third kappa shape index (κ3) is 5.97. The Bertz CT molecular complexity index is 2930. The van der Waals surface area contributed by atoms with Crippen molar-refractivity contribution in [2.45, 2.75) is 0 Å². The normalized spacial score (nSPS) is 11.4. The molecule has 0 radical (unpaired) electrons. The van der Waals surface area contributed by atoms with Crippen molar-refractivity contribution in [3.63, 3.8) is 0 Å². The Labute approximate surface area is 312 Å². The molecule has 2 heterocycles. The molecule has 0 saturated heterocycles. The van der Waals surface area contributed by atoms with E-state index in [1.54, 1.807) is 0 Å². The van der Waals surface area contributed by atoms with E-state index in [9.17, 15) is 0 Å². The van der Waals surface area contributed by atoms with Gasteiger partial charge in [0, 0.05) is 36.9 Å². The lowest BCUT2D eigenvalue weighted by molar-refractivity contribution is 1.18. The number of fused-ring (bicyclic) bond motifs is 4. The molecule has 53 heavy (non-hydrogen) atoms. The Morgan fingerprint density at radius 2 is 0.811 bits per heavy atom. The fraction of sp³-hybridized carbons (Fsp3) is 0. The quantitative estimate of drug-likeness (QED) is 0.173. The van der Waals surface area contributed by atoms with E-state index in [2.05, 4.69) is 170 Å². The summed E-state index contributed by atoms with van der Waals surface area (Å²) in [6.45, 7) is 0. The Kier molecular flexibility index (Phi) is 7.71. The second kappa shape index (κ2) is 13.1. The van der Waals surface area contributed by atoms with E-state index in [-0.39, 0.29) is 0 Å². The molecule has 0 aliphatic rings. The molecular formula is C50H32N2S. The Morgan fingerprint density at radius 1 is 0.283 bits per heavy atom. The first-order valence-electron chi connectivity index (χ1n) is 17.9. The van der Waals surface area contributed by atoms with Crippen LogP contribution in [0.5, 0.6) is 0 Å². The molecule has 10 rings (SSSR count). The number of nitrogens with zero attached hydrogens (tertiary/aromatic N) is 2. The third-order valence-electron chi connectivity index (χ3n) is 10.1. The molecule has 0 saturated carbocycles. The van der Waals surface area contributed by atoms with Gasteiger partial charge in [-0.15, -0.1) is 11.3 Å². The minimum atomic E-state index is 0.703. The summed E-state index contributed by atoms with van der Waals surface area (Å²) < 4.78 is 2.60. The number of hydrogen-bond acceptors (Lipinski definition) is 3. The Hall–Kier alpha value is -6.68. The lowest BCUT2D eigenvalue weighted by Gasteiger charge is -2.14. The van der Waals surface area contributed by atoms with Crippen LogP contribution in [0.15, 0.2) is 194 Å². The number of thiophene rings is 1. The predicted molar refractivity (Wildman–Crippen MR) is 225 cm³/mol. The molecule has 0 aliphatic carbocycles. The second-order valence-electron chi connectivity index (χ2n) is 13.4. The van der Waals surface area contributed by atoms with Gasteiger partial charge in [0.25, 0.3) is 0 Å². The van der Waals surface area contributed by atoms with Crippen LogP contribution in [0.25, 0.3) is 98.2 Å². The Balaban J connectivity index is 1.16. The van der Waals surface area contributed by atoms with Crippen LogP contribution in [0.2, 0.25) is 0 Å². The number of aromatic nitrogens is 2. The molecule has 0 aliphatic heterocycles. The minimum Gasteiger partial charge on any atom is -0.228 e. The van der Waals surface area contributed by atoms with Gasteiger partial charge in [-0.25, -0.2) is 9.97 Å². The molecule has 0 fully saturated rings. The molecule has 0 bridgehead atoms. The van der Waals surface area contributed by atoms with Gasteiger partial charge >= 0.3 is 0 Å². The number of rotatable bonds is 6. The van der Waals surface area contributed by atoms with Gasteiger partial charge in [-0.1, -0.05) is 152 Å². The van der Waals surface area contributed by atoms with E-state index in [0.29, 0.717) is 5.82 Å². The maximum atomic E-state index is 5.25. The van der Waals surface area contributed by atoms with Gasteiger partial charge in [-0.2, -0.15) is 0 Å². The molecule has 0 unspecified atom stereocenters. The van der Waals surface area contributed by atoms with Crippen molar-refractivity contribution in [2.24, 2.45) is 0 Å². The molecule has 8 aromatic carbocycles. The van der Waals surface area contributed by atoms with Crippen LogP contribution in [-0.4, -0.2) is 9.97 Å². The van der Waals surface area contributed by atoms with Gasteiger partial charge in [-0.05, 0) is 86.6 Å². The first kappa shape index (κ1) is 31.1. The summed E-state index contributed by atoms with van der Waals surface area (Å²) in [4.78, 5) is 10.4. The molecule has 2 aromatic heterocycles. The van der Waals surface area contributed by atoms with Gasteiger partial charge < -0.3 is 0 Å². The first-order chi connectivity index (χ1) is 26.2. The van der Waals surface area contributed by atoms with Crippen molar-refractivity contribution < 1.29 is 0 Å². The van der Waals surface area contributed by atoms with Gasteiger partial charge in [-0.3, -0.25) is 0 Å². The zero-order valence-electron chi connectivity index (χ0n) is 28.8. The Morgan fingerprint density at radius 3 is 1.58 bits per heavy atom. The standard InChI is InChI=1S/C50H32N2S/c1-3-11-33(12-4-1)35-19-22-36(23-20-35)46-32-47(52-50(51-46)37-14-5-2-6-15-37)43-29-41(39-24-21-34-13-7-8-16-38(34)27-39)28-42(30-43)40-25-26-45-44-17-9-10-18-48(44)53-49(45)31-40/h1-32H. The smallest absolute Gasteiger partial charge is 0.160 e. The maximum absolute atomic E-state index is 5.25. The predicted octanol–water partition coefficient (Wildman–Crippen LogP) is 14.0. The maximum Gasteiger partial charge on any atom is 0.160 e. The van der Waals surface area contributed by atoms with Crippen LogP contribution in [-0.2, 0) is 0 Å². The van der Waals surface area contributed by atoms with Gasteiger partial charge in [0.05, 0.1) is 11.4 Å². The number of benzene rings is 8. The molecular weight excluding hydrogens is 661 g/mol. The monoisotopic (exact) mass is 692 g/mol. The molecule has 10 aromatic rings. The molecule has 0 amide bonds. The zero-order chi connectivity index (χ0) is 35.1. The molecule has 2 nitrogen and oxygen atoms in total. The van der Waals surface area contributed by atoms with Crippen molar-refractivity contribution in [2.75, 3.05) is 0 Å². The highest BCUT2D eigenvalue weighted by Gasteiger charge is 2.15. The largest absolute Gasteiger partial charge is 0.228 e. The van der Waals surface area contributed by atoms with Crippen molar-refractivity contribution in [3.05, 3.63) is 194 Å². The summed E-state index contributed by atoms with van der Waals surface area (Å²) >= 11 is 1.85. The van der Waals surface area contributed by atoms with Crippen LogP contribution >= 0.6 is 11.3 Å². The highest BCUT2D eigenvalue weighted by Crippen LogP contribution is 2.39. The summed E-state index contributed by atoms with van der Waals surface area (Å²) in [6.07, 6.45) is 0. The highest BCUT2D eigenvalue weighted by molar-refractivity contribution is 7.25. The van der Waals surface area contributed by atoms with Crippen molar-refractivity contribution in [1.29, 1.82) is 0 Å². The van der Waals surface area contributed by atoms with Crippen molar-refractivity contribution in [1.82, 2.24) is 9.97 Å². The van der Waals surface area contributed by atoms with Crippen LogP contribution in [0, 0.1) is 0 Å². The molecule has 248 valence electrons. The molecule has 0 atom stereocenters. The lowest BCUT2D eigenvalue weighted by Crippen LogP contribution is -1.96. The van der Waals surface area contributed by atoms with Crippen molar-refractivity contribution >= 4 is 42.3 Å². The van der Waals surface area contributed by atoms with Crippen LogP contribution in [0.4, 0.5) is 0 Å². The SMILES string of the molecule is c1ccc(-c2ccc(-c3cc(-c4cc(-c5ccc6ccccc6c5)cc(-c5ccc6c(c5)sc5ccccc56)c4)nc(-c4ccccc4)n3)cc2)cc1. The van der Waals surface area contributed by atoms with E-state index in [0.717, 1.165) is 39.2 Å². The van der Waals surface area contributed by atoms with E-state index < -0.39 is 0 Å². The molecule has 3 heteroatoms. The van der Waals surface area contributed by atoms with Gasteiger partial charge in [0.15, 0.2) is 5.82 Å².